The lowest BCUT2D eigenvalue weighted by molar-refractivity contribution is -0.00292. The SMILES string of the molecule is COc1cc(CN2CC(O)C2)cc(OC)c1OC. The van der Waals surface area contributed by atoms with Gasteiger partial charge >= 0.3 is 0 Å². The monoisotopic (exact) mass is 253 g/mol. The van der Waals surface area contributed by atoms with E-state index in [4.69, 9.17) is 14.2 Å². The highest BCUT2D eigenvalue weighted by atomic mass is 16.5. The Balaban J connectivity index is 2.20. The Bertz CT molecular complexity index is 390. The zero-order chi connectivity index (χ0) is 13.1. The Labute approximate surface area is 107 Å². The van der Waals surface area contributed by atoms with Crippen LogP contribution in [0.3, 0.4) is 0 Å². The van der Waals surface area contributed by atoms with Crippen LogP contribution in [-0.4, -0.2) is 50.5 Å². The number of hydrogen-bond donors (Lipinski definition) is 1. The maximum atomic E-state index is 9.27. The van der Waals surface area contributed by atoms with Crippen LogP contribution < -0.4 is 14.2 Å². The van der Waals surface area contributed by atoms with Crippen LogP contribution in [0.2, 0.25) is 0 Å². The molecule has 18 heavy (non-hydrogen) atoms. The molecular weight excluding hydrogens is 234 g/mol. The quantitative estimate of drug-likeness (QED) is 0.844. The van der Waals surface area contributed by atoms with Crippen molar-refractivity contribution in [3.8, 4) is 17.2 Å². The molecule has 1 fully saturated rings. The van der Waals surface area contributed by atoms with Gasteiger partial charge in [0, 0.05) is 19.6 Å². The van der Waals surface area contributed by atoms with Gasteiger partial charge in [-0.1, -0.05) is 0 Å². The number of hydrogen-bond acceptors (Lipinski definition) is 5. The normalized spacial score (nSPS) is 16.2. The van der Waals surface area contributed by atoms with Crippen LogP contribution >= 0.6 is 0 Å². The van der Waals surface area contributed by atoms with Gasteiger partial charge < -0.3 is 19.3 Å². The van der Waals surface area contributed by atoms with Crippen molar-refractivity contribution < 1.29 is 19.3 Å². The molecule has 1 heterocycles. The van der Waals surface area contributed by atoms with Gasteiger partial charge in [-0.15, -0.1) is 0 Å². The van der Waals surface area contributed by atoms with E-state index in [0.717, 1.165) is 25.2 Å². The molecule has 0 saturated carbocycles. The van der Waals surface area contributed by atoms with Crippen LogP contribution in [-0.2, 0) is 6.54 Å². The second kappa shape index (κ2) is 5.46. The molecule has 1 aromatic carbocycles. The summed E-state index contributed by atoms with van der Waals surface area (Å²) in [5.41, 5.74) is 1.08. The lowest BCUT2D eigenvalue weighted by Crippen LogP contribution is -2.49. The second-order valence-corrected chi connectivity index (χ2v) is 4.38. The number of β-amino-alcohol motifs (C(OH)–C–C–N with tert-alkyl or cyclic N) is 1. The van der Waals surface area contributed by atoms with Crippen molar-refractivity contribution in [1.29, 1.82) is 0 Å². The van der Waals surface area contributed by atoms with E-state index in [9.17, 15) is 5.11 Å². The third-order valence-electron chi connectivity index (χ3n) is 3.07. The number of ether oxygens (including phenoxy) is 3. The van der Waals surface area contributed by atoms with E-state index < -0.39 is 0 Å². The topological polar surface area (TPSA) is 51.2 Å². The van der Waals surface area contributed by atoms with Crippen LogP contribution in [0.25, 0.3) is 0 Å². The van der Waals surface area contributed by atoms with Crippen LogP contribution in [0.15, 0.2) is 12.1 Å². The van der Waals surface area contributed by atoms with Crippen molar-refractivity contribution in [2.75, 3.05) is 34.4 Å². The van der Waals surface area contributed by atoms with Crippen molar-refractivity contribution in [3.63, 3.8) is 0 Å². The predicted molar refractivity (Wildman–Crippen MR) is 67.4 cm³/mol. The fourth-order valence-corrected chi connectivity index (χ4v) is 2.16. The minimum absolute atomic E-state index is 0.188. The Kier molecular flexibility index (Phi) is 3.93. The fraction of sp³-hybridized carbons (Fsp3) is 0.538. The van der Waals surface area contributed by atoms with Gasteiger partial charge in [0.25, 0.3) is 0 Å². The molecule has 0 amide bonds. The third-order valence-corrected chi connectivity index (χ3v) is 3.07. The lowest BCUT2D eigenvalue weighted by Gasteiger charge is -2.35. The summed E-state index contributed by atoms with van der Waals surface area (Å²) in [5, 5.41) is 9.27. The Morgan fingerprint density at radius 1 is 1.11 bits per heavy atom. The van der Waals surface area contributed by atoms with Crippen LogP contribution in [0.4, 0.5) is 0 Å². The Morgan fingerprint density at radius 2 is 1.67 bits per heavy atom. The summed E-state index contributed by atoms with van der Waals surface area (Å²) in [7, 11) is 4.80. The van der Waals surface area contributed by atoms with Crippen molar-refractivity contribution in [3.05, 3.63) is 17.7 Å². The minimum Gasteiger partial charge on any atom is -0.493 e. The molecule has 1 aliphatic rings. The minimum atomic E-state index is -0.188. The van der Waals surface area contributed by atoms with Gasteiger partial charge in [0.05, 0.1) is 27.4 Å². The van der Waals surface area contributed by atoms with E-state index in [1.807, 2.05) is 12.1 Å². The highest BCUT2D eigenvalue weighted by Gasteiger charge is 2.25. The maximum Gasteiger partial charge on any atom is 0.203 e. The number of methoxy groups -OCH3 is 3. The molecule has 1 N–H and O–H groups in total. The van der Waals surface area contributed by atoms with E-state index in [0.29, 0.717) is 17.2 Å². The largest absolute Gasteiger partial charge is 0.493 e. The first-order chi connectivity index (χ1) is 8.67. The number of aliphatic hydroxyl groups excluding tert-OH is 1. The predicted octanol–water partition coefficient (Wildman–Crippen LogP) is 0.889. The average molecular weight is 253 g/mol. The summed E-state index contributed by atoms with van der Waals surface area (Å²) >= 11 is 0. The number of rotatable bonds is 5. The first-order valence-corrected chi connectivity index (χ1v) is 5.87. The van der Waals surface area contributed by atoms with E-state index in [1.54, 1.807) is 21.3 Å². The van der Waals surface area contributed by atoms with Gasteiger partial charge in [0.15, 0.2) is 11.5 Å². The molecule has 0 unspecified atom stereocenters. The maximum absolute atomic E-state index is 9.27. The molecule has 5 nitrogen and oxygen atoms in total. The molecule has 0 aliphatic carbocycles. The molecule has 1 aromatic rings. The van der Waals surface area contributed by atoms with Gasteiger partial charge in [0.1, 0.15) is 0 Å². The molecule has 1 aliphatic heterocycles. The fourth-order valence-electron chi connectivity index (χ4n) is 2.16. The number of aliphatic hydroxyl groups is 1. The second-order valence-electron chi connectivity index (χ2n) is 4.38. The molecule has 2 rings (SSSR count). The molecule has 0 atom stereocenters. The molecule has 0 aromatic heterocycles. The van der Waals surface area contributed by atoms with Crippen LogP contribution in [0.1, 0.15) is 5.56 Å². The standard InChI is InChI=1S/C13H19NO4/c1-16-11-4-9(6-14-7-10(15)8-14)5-12(17-2)13(11)18-3/h4-5,10,15H,6-8H2,1-3H3. The average Bonchev–Trinajstić information content (AvgIpc) is 2.35. The van der Waals surface area contributed by atoms with E-state index in [1.165, 1.54) is 0 Å². The van der Waals surface area contributed by atoms with Gasteiger partial charge in [-0.25, -0.2) is 0 Å². The first kappa shape index (κ1) is 13.0. The van der Waals surface area contributed by atoms with E-state index in [-0.39, 0.29) is 6.10 Å². The molecular formula is C13H19NO4. The van der Waals surface area contributed by atoms with Crippen molar-refractivity contribution in [2.45, 2.75) is 12.6 Å². The Morgan fingerprint density at radius 3 is 2.06 bits per heavy atom. The summed E-state index contributed by atoms with van der Waals surface area (Å²) < 4.78 is 15.9. The zero-order valence-electron chi connectivity index (χ0n) is 11.0. The number of nitrogens with zero attached hydrogens (tertiary/aromatic N) is 1. The van der Waals surface area contributed by atoms with E-state index in [2.05, 4.69) is 4.90 Å². The van der Waals surface area contributed by atoms with Gasteiger partial charge in [0.2, 0.25) is 5.75 Å². The molecule has 5 heteroatoms. The van der Waals surface area contributed by atoms with Crippen molar-refractivity contribution in [1.82, 2.24) is 4.90 Å². The highest BCUT2D eigenvalue weighted by molar-refractivity contribution is 5.53. The molecule has 0 spiro atoms. The lowest BCUT2D eigenvalue weighted by atomic mass is 10.1. The summed E-state index contributed by atoms with van der Waals surface area (Å²) in [6.45, 7) is 2.21. The summed E-state index contributed by atoms with van der Waals surface area (Å²) in [6, 6.07) is 3.87. The van der Waals surface area contributed by atoms with Gasteiger partial charge in [-0.2, -0.15) is 0 Å². The first-order valence-electron chi connectivity index (χ1n) is 5.87. The summed E-state index contributed by atoms with van der Waals surface area (Å²) in [5.74, 6) is 1.92. The Hall–Kier alpha value is -1.46. The number of likely N-dealkylation sites (tertiary alicyclic amines) is 1. The third kappa shape index (κ3) is 2.52. The van der Waals surface area contributed by atoms with Crippen LogP contribution in [0, 0.1) is 0 Å². The highest BCUT2D eigenvalue weighted by Crippen LogP contribution is 2.38. The van der Waals surface area contributed by atoms with Gasteiger partial charge in [-0.3, -0.25) is 4.90 Å². The summed E-state index contributed by atoms with van der Waals surface area (Å²) in [6.07, 6.45) is -0.188. The van der Waals surface area contributed by atoms with E-state index >= 15 is 0 Å². The van der Waals surface area contributed by atoms with Crippen molar-refractivity contribution >= 4 is 0 Å². The smallest absolute Gasteiger partial charge is 0.203 e. The zero-order valence-corrected chi connectivity index (χ0v) is 11.0. The number of benzene rings is 1. The molecule has 1 saturated heterocycles. The van der Waals surface area contributed by atoms with Crippen LogP contribution in [0.5, 0.6) is 17.2 Å². The van der Waals surface area contributed by atoms with Crippen molar-refractivity contribution in [2.24, 2.45) is 0 Å². The summed E-state index contributed by atoms with van der Waals surface area (Å²) in [4.78, 5) is 2.16. The van der Waals surface area contributed by atoms with Gasteiger partial charge in [-0.05, 0) is 17.7 Å². The molecule has 0 bridgehead atoms. The molecule has 0 radical (unpaired) electrons. The molecule has 100 valence electrons.